The van der Waals surface area contributed by atoms with Crippen LogP contribution >= 0.6 is 0 Å². The Bertz CT molecular complexity index is 427. The molecule has 0 aromatic heterocycles. The minimum Gasteiger partial charge on any atom is -0.465 e. The van der Waals surface area contributed by atoms with Gasteiger partial charge in [-0.05, 0) is 43.9 Å². The van der Waals surface area contributed by atoms with Crippen LogP contribution in [0.4, 0.5) is 0 Å². The van der Waals surface area contributed by atoms with E-state index in [0.29, 0.717) is 6.61 Å². The fourth-order valence-electron chi connectivity index (χ4n) is 4.77. The maximum atomic E-state index is 13.3. The van der Waals surface area contributed by atoms with Crippen LogP contribution in [-0.4, -0.2) is 25.2 Å². The van der Waals surface area contributed by atoms with Gasteiger partial charge in [0.15, 0.2) is 5.41 Å². The lowest BCUT2D eigenvalue weighted by Gasteiger charge is -2.44. The van der Waals surface area contributed by atoms with E-state index in [-0.39, 0.29) is 30.4 Å². The molecular weight excluding hydrogens is 316 g/mol. The minimum atomic E-state index is -1.11. The van der Waals surface area contributed by atoms with Crippen LogP contribution in [0.25, 0.3) is 0 Å². The van der Waals surface area contributed by atoms with Crippen molar-refractivity contribution in [3.8, 4) is 0 Å². The highest BCUT2D eigenvalue weighted by molar-refractivity contribution is 6.01. The minimum absolute atomic E-state index is 0.0472. The maximum Gasteiger partial charge on any atom is 0.324 e. The van der Waals surface area contributed by atoms with E-state index in [9.17, 15) is 9.59 Å². The number of rotatable bonds is 8. The van der Waals surface area contributed by atoms with Crippen LogP contribution in [-0.2, 0) is 19.1 Å². The zero-order valence-corrected chi connectivity index (χ0v) is 15.8. The Morgan fingerprint density at radius 2 is 1.40 bits per heavy atom. The first-order valence-electron chi connectivity index (χ1n) is 10.1. The lowest BCUT2D eigenvalue weighted by Crippen LogP contribution is -2.54. The fourth-order valence-corrected chi connectivity index (χ4v) is 4.77. The molecule has 0 spiro atoms. The summed E-state index contributed by atoms with van der Waals surface area (Å²) in [7, 11) is 0. The van der Waals surface area contributed by atoms with Crippen LogP contribution in [0.3, 0.4) is 0 Å². The van der Waals surface area contributed by atoms with E-state index in [2.05, 4.69) is 6.58 Å². The van der Waals surface area contributed by atoms with Gasteiger partial charge in [0.1, 0.15) is 6.61 Å². The van der Waals surface area contributed by atoms with Gasteiger partial charge in [0, 0.05) is 0 Å². The Balaban J connectivity index is 2.39. The largest absolute Gasteiger partial charge is 0.465 e. The van der Waals surface area contributed by atoms with Crippen molar-refractivity contribution in [3.63, 3.8) is 0 Å². The Morgan fingerprint density at radius 3 is 1.84 bits per heavy atom. The summed E-state index contributed by atoms with van der Waals surface area (Å²) in [4.78, 5) is 26.5. The molecule has 0 radical (unpaired) electrons. The molecule has 0 N–H and O–H groups in total. The standard InChI is InChI=1S/C21H34O4/c1-3-15-24-19(22)21(20(23)25-16-4-2,17-11-7-5-8-12-17)18-13-9-6-10-14-18/h3,17-18H,1,4-16H2,2H3. The van der Waals surface area contributed by atoms with Gasteiger partial charge in [0.25, 0.3) is 0 Å². The van der Waals surface area contributed by atoms with Crippen molar-refractivity contribution in [2.24, 2.45) is 17.3 Å². The van der Waals surface area contributed by atoms with E-state index in [0.717, 1.165) is 57.8 Å². The average molecular weight is 350 g/mol. The number of esters is 2. The van der Waals surface area contributed by atoms with Crippen molar-refractivity contribution in [2.45, 2.75) is 77.6 Å². The summed E-state index contributed by atoms with van der Waals surface area (Å²) in [5, 5.41) is 0. The molecule has 0 aromatic carbocycles. The molecule has 0 saturated heterocycles. The predicted octanol–water partition coefficient (Wildman–Crippen LogP) is 4.82. The molecule has 0 unspecified atom stereocenters. The highest BCUT2D eigenvalue weighted by Crippen LogP contribution is 2.50. The highest BCUT2D eigenvalue weighted by Gasteiger charge is 2.59. The Morgan fingerprint density at radius 1 is 0.920 bits per heavy atom. The molecule has 0 amide bonds. The number of carbonyl (C=O) groups excluding carboxylic acids is 2. The van der Waals surface area contributed by atoms with Crippen molar-refractivity contribution in [1.82, 2.24) is 0 Å². The van der Waals surface area contributed by atoms with Crippen molar-refractivity contribution in [3.05, 3.63) is 12.7 Å². The molecular formula is C21H34O4. The molecule has 2 saturated carbocycles. The van der Waals surface area contributed by atoms with Crippen LogP contribution in [0.5, 0.6) is 0 Å². The second-order valence-corrected chi connectivity index (χ2v) is 7.56. The summed E-state index contributed by atoms with van der Waals surface area (Å²) in [5.41, 5.74) is -1.11. The SMILES string of the molecule is C=CCOC(=O)C(C(=O)OCCC)(C1CCCCC1)C1CCCCC1. The second kappa shape index (κ2) is 9.98. The summed E-state index contributed by atoms with van der Waals surface area (Å²) in [6.45, 7) is 6.14. The van der Waals surface area contributed by atoms with E-state index in [1.54, 1.807) is 6.08 Å². The lowest BCUT2D eigenvalue weighted by molar-refractivity contribution is -0.185. The Kier molecular flexibility index (Phi) is 7.98. The maximum absolute atomic E-state index is 13.3. The van der Waals surface area contributed by atoms with Gasteiger partial charge >= 0.3 is 11.9 Å². The summed E-state index contributed by atoms with van der Waals surface area (Å²) < 4.78 is 11.1. The second-order valence-electron chi connectivity index (χ2n) is 7.56. The quantitative estimate of drug-likeness (QED) is 0.358. The number of carbonyl (C=O) groups is 2. The van der Waals surface area contributed by atoms with E-state index in [4.69, 9.17) is 9.47 Å². The average Bonchev–Trinajstić information content (AvgIpc) is 2.67. The monoisotopic (exact) mass is 350 g/mol. The first kappa shape index (κ1) is 20.0. The first-order valence-corrected chi connectivity index (χ1v) is 10.1. The highest BCUT2D eigenvalue weighted by atomic mass is 16.6. The predicted molar refractivity (Wildman–Crippen MR) is 98.0 cm³/mol. The molecule has 0 bridgehead atoms. The fraction of sp³-hybridized carbons (Fsp3) is 0.810. The van der Waals surface area contributed by atoms with Gasteiger partial charge < -0.3 is 9.47 Å². The van der Waals surface area contributed by atoms with Crippen LogP contribution < -0.4 is 0 Å². The normalized spacial score (nSPS) is 20.0. The summed E-state index contributed by atoms with van der Waals surface area (Å²) >= 11 is 0. The molecule has 25 heavy (non-hydrogen) atoms. The van der Waals surface area contributed by atoms with Gasteiger partial charge in [-0.2, -0.15) is 0 Å². The van der Waals surface area contributed by atoms with Crippen LogP contribution in [0.15, 0.2) is 12.7 Å². The number of hydrogen-bond donors (Lipinski definition) is 0. The Labute approximate surface area is 152 Å². The van der Waals surface area contributed by atoms with Gasteiger partial charge in [-0.3, -0.25) is 9.59 Å². The molecule has 4 heteroatoms. The zero-order chi connectivity index (χ0) is 18.1. The summed E-state index contributed by atoms with van der Waals surface area (Å²) in [6, 6.07) is 0. The zero-order valence-electron chi connectivity index (χ0n) is 15.8. The van der Waals surface area contributed by atoms with E-state index in [1.807, 2.05) is 6.92 Å². The van der Waals surface area contributed by atoms with E-state index >= 15 is 0 Å². The van der Waals surface area contributed by atoms with Gasteiger partial charge in [-0.25, -0.2) is 0 Å². The molecule has 2 rings (SSSR count). The van der Waals surface area contributed by atoms with Gasteiger partial charge in [0.05, 0.1) is 6.61 Å². The molecule has 2 aliphatic rings. The molecule has 0 atom stereocenters. The number of ether oxygens (including phenoxy) is 2. The van der Waals surface area contributed by atoms with Crippen molar-refractivity contribution < 1.29 is 19.1 Å². The molecule has 0 aliphatic heterocycles. The molecule has 0 heterocycles. The smallest absolute Gasteiger partial charge is 0.324 e. The van der Waals surface area contributed by atoms with Gasteiger partial charge in [-0.15, -0.1) is 0 Å². The molecule has 4 nitrogen and oxygen atoms in total. The summed E-state index contributed by atoms with van der Waals surface area (Å²) in [5.74, 6) is -0.605. The third-order valence-electron chi connectivity index (χ3n) is 5.94. The Hall–Kier alpha value is -1.32. The van der Waals surface area contributed by atoms with Crippen LogP contribution in [0.1, 0.15) is 77.6 Å². The van der Waals surface area contributed by atoms with Crippen LogP contribution in [0, 0.1) is 17.3 Å². The molecule has 2 aliphatic carbocycles. The molecule has 2 fully saturated rings. The third kappa shape index (κ3) is 4.45. The number of hydrogen-bond acceptors (Lipinski definition) is 4. The van der Waals surface area contributed by atoms with Gasteiger partial charge in [-0.1, -0.05) is 58.1 Å². The topological polar surface area (TPSA) is 52.6 Å². The van der Waals surface area contributed by atoms with E-state index < -0.39 is 5.41 Å². The van der Waals surface area contributed by atoms with Crippen molar-refractivity contribution in [1.29, 1.82) is 0 Å². The van der Waals surface area contributed by atoms with E-state index in [1.165, 1.54) is 12.8 Å². The third-order valence-corrected chi connectivity index (χ3v) is 5.94. The first-order chi connectivity index (χ1) is 12.2. The van der Waals surface area contributed by atoms with Crippen molar-refractivity contribution >= 4 is 11.9 Å². The van der Waals surface area contributed by atoms with Crippen molar-refractivity contribution in [2.75, 3.05) is 13.2 Å². The summed E-state index contributed by atoms with van der Waals surface area (Å²) in [6.07, 6.45) is 12.7. The molecule has 142 valence electrons. The van der Waals surface area contributed by atoms with Crippen LogP contribution in [0.2, 0.25) is 0 Å². The van der Waals surface area contributed by atoms with Gasteiger partial charge in [0.2, 0.25) is 0 Å². The lowest BCUT2D eigenvalue weighted by atomic mass is 9.58. The molecule has 0 aromatic rings.